The minimum absolute atomic E-state index is 0.139. The molecule has 0 fully saturated rings. The molecule has 0 amide bonds. The number of rotatable bonds is 4. The smallest absolute Gasteiger partial charge is 0.220 e. The van der Waals surface area contributed by atoms with Crippen LogP contribution in [0.2, 0.25) is 0 Å². The molecule has 0 aliphatic carbocycles. The number of benzene rings is 2. The van der Waals surface area contributed by atoms with Crippen molar-refractivity contribution in [3.63, 3.8) is 0 Å². The largest absolute Gasteiger partial charge is 0.369 e. The molecule has 0 spiro atoms. The van der Waals surface area contributed by atoms with Gasteiger partial charge in [0.1, 0.15) is 6.17 Å². The Kier molecular flexibility index (Phi) is 4.05. The average molecular weight is 293 g/mol. The standard InChI is InChI=1S/C17H19N5/c18-16-20-15(12-11-13-7-3-1-4-8-13)22(17(19)21-16)14-9-5-2-6-10-14/h1-10,15H,11-12H2,(H4,18,19,20,21). The van der Waals surface area contributed by atoms with Gasteiger partial charge in [0.25, 0.3) is 0 Å². The third kappa shape index (κ3) is 3.09. The van der Waals surface area contributed by atoms with Crippen molar-refractivity contribution in [1.29, 1.82) is 0 Å². The first-order valence-electron chi connectivity index (χ1n) is 7.29. The van der Waals surface area contributed by atoms with Gasteiger partial charge in [0.2, 0.25) is 11.9 Å². The molecule has 1 aliphatic rings. The number of hydrogen-bond donors (Lipinski definition) is 2. The van der Waals surface area contributed by atoms with Crippen LogP contribution in [0.3, 0.4) is 0 Å². The Labute approximate surface area is 130 Å². The Morgan fingerprint density at radius 3 is 2.23 bits per heavy atom. The van der Waals surface area contributed by atoms with Gasteiger partial charge in [0, 0.05) is 5.69 Å². The zero-order valence-corrected chi connectivity index (χ0v) is 12.3. The van der Waals surface area contributed by atoms with E-state index in [2.05, 4.69) is 22.1 Å². The van der Waals surface area contributed by atoms with Gasteiger partial charge in [0.15, 0.2) is 0 Å². The molecule has 0 aromatic heterocycles. The summed E-state index contributed by atoms with van der Waals surface area (Å²) >= 11 is 0. The van der Waals surface area contributed by atoms with Gasteiger partial charge in [-0.05, 0) is 30.5 Å². The van der Waals surface area contributed by atoms with Crippen LogP contribution in [0.5, 0.6) is 0 Å². The second-order valence-electron chi connectivity index (χ2n) is 5.17. The van der Waals surface area contributed by atoms with Crippen LogP contribution in [0.15, 0.2) is 70.6 Å². The maximum atomic E-state index is 6.08. The highest BCUT2D eigenvalue weighted by molar-refractivity contribution is 6.04. The predicted molar refractivity (Wildman–Crippen MR) is 90.7 cm³/mol. The van der Waals surface area contributed by atoms with Crippen LogP contribution in [0.25, 0.3) is 0 Å². The first kappa shape index (κ1) is 14.1. The van der Waals surface area contributed by atoms with E-state index >= 15 is 0 Å². The topological polar surface area (TPSA) is 80.0 Å². The van der Waals surface area contributed by atoms with E-state index in [0.29, 0.717) is 5.96 Å². The second-order valence-corrected chi connectivity index (χ2v) is 5.17. The third-order valence-electron chi connectivity index (χ3n) is 3.62. The van der Waals surface area contributed by atoms with Gasteiger partial charge < -0.3 is 11.5 Å². The Balaban J connectivity index is 1.81. The van der Waals surface area contributed by atoms with Crippen molar-refractivity contribution >= 4 is 17.6 Å². The summed E-state index contributed by atoms with van der Waals surface area (Å²) < 4.78 is 0. The first-order valence-corrected chi connectivity index (χ1v) is 7.29. The van der Waals surface area contributed by atoms with E-state index in [-0.39, 0.29) is 12.1 Å². The van der Waals surface area contributed by atoms with Crippen LogP contribution in [-0.4, -0.2) is 18.1 Å². The molecule has 2 aromatic carbocycles. The van der Waals surface area contributed by atoms with E-state index in [0.717, 1.165) is 18.5 Å². The molecule has 2 aromatic rings. The van der Waals surface area contributed by atoms with E-state index in [4.69, 9.17) is 11.5 Å². The Bertz CT molecular complexity index is 679. The van der Waals surface area contributed by atoms with Gasteiger partial charge in [0.05, 0.1) is 0 Å². The molecule has 3 rings (SSSR count). The molecule has 22 heavy (non-hydrogen) atoms. The summed E-state index contributed by atoms with van der Waals surface area (Å²) in [6.07, 6.45) is 1.58. The minimum atomic E-state index is -0.139. The van der Waals surface area contributed by atoms with Crippen molar-refractivity contribution in [3.8, 4) is 0 Å². The van der Waals surface area contributed by atoms with Crippen LogP contribution in [0, 0.1) is 0 Å². The van der Waals surface area contributed by atoms with Gasteiger partial charge in [-0.15, -0.1) is 0 Å². The molecule has 5 heteroatoms. The summed E-state index contributed by atoms with van der Waals surface area (Å²) in [4.78, 5) is 10.5. The fraction of sp³-hybridized carbons (Fsp3) is 0.176. The number of nitrogens with two attached hydrogens (primary N) is 2. The Morgan fingerprint density at radius 1 is 0.909 bits per heavy atom. The summed E-state index contributed by atoms with van der Waals surface area (Å²) in [5, 5.41) is 0. The van der Waals surface area contributed by atoms with E-state index in [1.807, 2.05) is 53.4 Å². The monoisotopic (exact) mass is 293 g/mol. The first-order chi connectivity index (χ1) is 10.7. The third-order valence-corrected chi connectivity index (χ3v) is 3.62. The van der Waals surface area contributed by atoms with Crippen LogP contribution in [-0.2, 0) is 6.42 Å². The number of para-hydroxylation sites is 1. The van der Waals surface area contributed by atoms with Crippen LogP contribution in [0.4, 0.5) is 5.69 Å². The highest BCUT2D eigenvalue weighted by Gasteiger charge is 2.25. The van der Waals surface area contributed by atoms with Crippen molar-refractivity contribution in [2.24, 2.45) is 21.5 Å². The van der Waals surface area contributed by atoms with Crippen molar-refractivity contribution in [3.05, 3.63) is 66.2 Å². The molecule has 0 bridgehead atoms. The number of aliphatic imine (C=N–C) groups is 2. The van der Waals surface area contributed by atoms with Crippen molar-refractivity contribution in [1.82, 2.24) is 0 Å². The molecule has 1 unspecified atom stereocenters. The van der Waals surface area contributed by atoms with Gasteiger partial charge >= 0.3 is 0 Å². The number of hydrogen-bond acceptors (Lipinski definition) is 5. The average Bonchev–Trinajstić information content (AvgIpc) is 2.54. The maximum absolute atomic E-state index is 6.08. The number of guanidine groups is 2. The molecule has 5 nitrogen and oxygen atoms in total. The molecule has 4 N–H and O–H groups in total. The maximum Gasteiger partial charge on any atom is 0.220 e. The summed E-state index contributed by atoms with van der Waals surface area (Å²) in [6.45, 7) is 0. The van der Waals surface area contributed by atoms with Crippen LogP contribution in [0.1, 0.15) is 12.0 Å². The van der Waals surface area contributed by atoms with Gasteiger partial charge in [-0.2, -0.15) is 4.99 Å². The zero-order valence-electron chi connectivity index (χ0n) is 12.3. The number of nitrogens with zero attached hydrogens (tertiary/aromatic N) is 3. The van der Waals surface area contributed by atoms with Crippen molar-refractivity contribution in [2.75, 3.05) is 4.90 Å². The van der Waals surface area contributed by atoms with E-state index in [9.17, 15) is 0 Å². The Hall–Kier alpha value is -2.82. The second kappa shape index (κ2) is 6.30. The molecule has 1 aliphatic heterocycles. The molecule has 1 atom stereocenters. The van der Waals surface area contributed by atoms with Crippen molar-refractivity contribution < 1.29 is 0 Å². The van der Waals surface area contributed by atoms with Crippen LogP contribution >= 0.6 is 0 Å². The number of aryl methyl sites for hydroxylation is 1. The lowest BCUT2D eigenvalue weighted by atomic mass is 10.1. The predicted octanol–water partition coefficient (Wildman–Crippen LogP) is 2.09. The van der Waals surface area contributed by atoms with Gasteiger partial charge in [-0.25, -0.2) is 4.99 Å². The fourth-order valence-electron chi connectivity index (χ4n) is 2.59. The van der Waals surface area contributed by atoms with E-state index < -0.39 is 0 Å². The normalized spacial score (nSPS) is 17.8. The van der Waals surface area contributed by atoms with E-state index in [1.165, 1.54) is 5.56 Å². The van der Waals surface area contributed by atoms with Gasteiger partial charge in [-0.3, -0.25) is 4.90 Å². The minimum Gasteiger partial charge on any atom is -0.369 e. The molecular weight excluding hydrogens is 274 g/mol. The SMILES string of the molecule is NC1=NC(CCc2ccccc2)N(c2ccccc2)C(N)=N1. The highest BCUT2D eigenvalue weighted by atomic mass is 15.4. The summed E-state index contributed by atoms with van der Waals surface area (Å²) in [5.74, 6) is 0.625. The number of anilines is 1. The summed E-state index contributed by atoms with van der Waals surface area (Å²) in [6, 6.07) is 20.2. The molecular formula is C17H19N5. The summed E-state index contributed by atoms with van der Waals surface area (Å²) in [5.41, 5.74) is 14.1. The lowest BCUT2D eigenvalue weighted by Gasteiger charge is -2.32. The molecule has 1 heterocycles. The quantitative estimate of drug-likeness (QED) is 0.906. The zero-order chi connectivity index (χ0) is 15.4. The molecule has 0 saturated carbocycles. The lowest BCUT2D eigenvalue weighted by molar-refractivity contribution is 0.623. The highest BCUT2D eigenvalue weighted by Crippen LogP contribution is 2.22. The van der Waals surface area contributed by atoms with E-state index in [1.54, 1.807) is 0 Å². The molecule has 0 saturated heterocycles. The fourth-order valence-corrected chi connectivity index (χ4v) is 2.59. The Morgan fingerprint density at radius 2 is 1.55 bits per heavy atom. The van der Waals surface area contributed by atoms with Crippen molar-refractivity contribution in [2.45, 2.75) is 19.0 Å². The molecule has 112 valence electrons. The van der Waals surface area contributed by atoms with Crippen LogP contribution < -0.4 is 16.4 Å². The lowest BCUT2D eigenvalue weighted by Crippen LogP contribution is -2.48. The van der Waals surface area contributed by atoms with Gasteiger partial charge in [-0.1, -0.05) is 48.5 Å². The molecule has 0 radical (unpaired) electrons. The summed E-state index contributed by atoms with van der Waals surface area (Å²) in [7, 11) is 0.